The fraction of sp³-hybridized carbons (Fsp3) is 0.500. The van der Waals surface area contributed by atoms with E-state index in [0.717, 1.165) is 11.3 Å². The molecule has 0 fully saturated rings. The molecule has 0 aliphatic heterocycles. The number of rotatable bonds is 6. The Bertz CT molecular complexity index is 390. The highest BCUT2D eigenvalue weighted by Gasteiger charge is 2.10. The third kappa shape index (κ3) is 4.37. The van der Waals surface area contributed by atoms with E-state index in [1.165, 1.54) is 0 Å². The highest BCUT2D eigenvalue weighted by Crippen LogP contribution is 2.25. The molecule has 1 amide bonds. The first-order valence-electron chi connectivity index (χ1n) is 6.16. The second-order valence-electron chi connectivity index (χ2n) is 4.63. The summed E-state index contributed by atoms with van der Waals surface area (Å²) in [4.78, 5) is 11.5. The average molecular weight is 251 g/mol. The number of hydrogen-bond donors (Lipinski definition) is 2. The zero-order valence-electron chi connectivity index (χ0n) is 11.1. The molecule has 18 heavy (non-hydrogen) atoms. The molecular weight excluding hydrogens is 230 g/mol. The number of ether oxygens (including phenoxy) is 1. The molecule has 0 bridgehead atoms. The number of benzene rings is 1. The zero-order valence-corrected chi connectivity index (χ0v) is 11.1. The van der Waals surface area contributed by atoms with Crippen molar-refractivity contribution in [1.82, 2.24) is 5.32 Å². The summed E-state index contributed by atoms with van der Waals surface area (Å²) < 4.78 is 5.51. The van der Waals surface area contributed by atoms with Crippen molar-refractivity contribution in [3.63, 3.8) is 0 Å². The third-order valence-electron chi connectivity index (χ3n) is 2.58. The van der Waals surface area contributed by atoms with E-state index in [2.05, 4.69) is 19.2 Å². The lowest BCUT2D eigenvalue weighted by molar-refractivity contribution is -0.124. The molecule has 0 aromatic heterocycles. The van der Waals surface area contributed by atoms with Gasteiger partial charge in [0.15, 0.2) is 6.61 Å². The van der Waals surface area contributed by atoms with E-state index >= 15 is 0 Å². The monoisotopic (exact) mass is 251 g/mol. The van der Waals surface area contributed by atoms with Gasteiger partial charge in [0.2, 0.25) is 0 Å². The first kappa shape index (κ1) is 14.5. The Hall–Kier alpha value is -1.55. The van der Waals surface area contributed by atoms with E-state index in [9.17, 15) is 4.79 Å². The molecule has 0 aliphatic rings. The number of carbonyl (C=O) groups is 1. The van der Waals surface area contributed by atoms with Crippen molar-refractivity contribution >= 4 is 5.91 Å². The normalized spacial score (nSPS) is 12.3. The molecule has 4 heteroatoms. The molecular formula is C14H21NO3. The Kier molecular flexibility index (Phi) is 5.65. The first-order chi connectivity index (χ1) is 8.54. The summed E-state index contributed by atoms with van der Waals surface area (Å²) in [5.74, 6) is 0.857. The highest BCUT2D eigenvalue weighted by molar-refractivity contribution is 5.77. The highest BCUT2D eigenvalue weighted by atomic mass is 16.5. The molecule has 0 saturated heterocycles. The molecule has 2 N–H and O–H groups in total. The Morgan fingerprint density at radius 1 is 1.33 bits per heavy atom. The number of para-hydroxylation sites is 1. The molecule has 0 saturated carbocycles. The summed E-state index contributed by atoms with van der Waals surface area (Å²) >= 11 is 0. The van der Waals surface area contributed by atoms with Crippen molar-refractivity contribution < 1.29 is 14.6 Å². The summed E-state index contributed by atoms with van der Waals surface area (Å²) in [6, 6.07) is 7.44. The predicted octanol–water partition coefficient (Wildman–Crippen LogP) is 1.69. The fourth-order valence-corrected chi connectivity index (χ4v) is 1.59. The summed E-state index contributed by atoms with van der Waals surface area (Å²) in [5, 5.41) is 11.5. The van der Waals surface area contributed by atoms with Gasteiger partial charge >= 0.3 is 0 Å². The SMILES string of the molecule is CC(CO)NC(=O)COc1ccccc1C(C)C. The molecule has 1 atom stereocenters. The summed E-state index contributed by atoms with van der Waals surface area (Å²) in [6.45, 7) is 5.79. The minimum atomic E-state index is -0.249. The lowest BCUT2D eigenvalue weighted by atomic mass is 10.0. The van der Waals surface area contributed by atoms with E-state index in [4.69, 9.17) is 9.84 Å². The van der Waals surface area contributed by atoms with Crippen molar-refractivity contribution in [1.29, 1.82) is 0 Å². The molecule has 1 unspecified atom stereocenters. The summed E-state index contributed by atoms with van der Waals surface area (Å²) in [7, 11) is 0. The minimum absolute atomic E-state index is 0.0337. The van der Waals surface area contributed by atoms with Gasteiger partial charge in [0, 0.05) is 6.04 Å². The number of nitrogens with one attached hydrogen (secondary N) is 1. The molecule has 100 valence electrons. The summed E-state index contributed by atoms with van der Waals surface area (Å²) in [5.41, 5.74) is 1.08. The van der Waals surface area contributed by atoms with Crippen LogP contribution in [0.4, 0.5) is 0 Å². The van der Waals surface area contributed by atoms with E-state index in [-0.39, 0.29) is 25.2 Å². The van der Waals surface area contributed by atoms with Crippen LogP contribution < -0.4 is 10.1 Å². The Labute approximate surface area is 108 Å². The maximum atomic E-state index is 11.5. The van der Waals surface area contributed by atoms with Crippen molar-refractivity contribution in [2.45, 2.75) is 32.7 Å². The largest absolute Gasteiger partial charge is 0.483 e. The number of carbonyl (C=O) groups excluding carboxylic acids is 1. The van der Waals surface area contributed by atoms with E-state index in [0.29, 0.717) is 5.92 Å². The van der Waals surface area contributed by atoms with Gasteiger partial charge in [-0.15, -0.1) is 0 Å². The molecule has 1 aromatic carbocycles. The Morgan fingerprint density at radius 2 is 2.00 bits per heavy atom. The number of aliphatic hydroxyl groups excluding tert-OH is 1. The van der Waals surface area contributed by atoms with Crippen LogP contribution in [0.1, 0.15) is 32.3 Å². The quantitative estimate of drug-likeness (QED) is 0.809. The van der Waals surface area contributed by atoms with Gasteiger partial charge in [0.05, 0.1) is 6.61 Å². The van der Waals surface area contributed by atoms with Gasteiger partial charge in [-0.1, -0.05) is 32.0 Å². The van der Waals surface area contributed by atoms with Crippen LogP contribution in [0.5, 0.6) is 5.75 Å². The van der Waals surface area contributed by atoms with Gasteiger partial charge < -0.3 is 15.2 Å². The van der Waals surface area contributed by atoms with Crippen LogP contribution in [0, 0.1) is 0 Å². The van der Waals surface area contributed by atoms with Gasteiger partial charge in [-0.25, -0.2) is 0 Å². The number of amides is 1. The van der Waals surface area contributed by atoms with E-state index in [1.807, 2.05) is 24.3 Å². The molecule has 4 nitrogen and oxygen atoms in total. The minimum Gasteiger partial charge on any atom is -0.483 e. The van der Waals surface area contributed by atoms with E-state index < -0.39 is 0 Å². The van der Waals surface area contributed by atoms with Crippen LogP contribution in [0.3, 0.4) is 0 Å². The van der Waals surface area contributed by atoms with Crippen molar-refractivity contribution in [3.05, 3.63) is 29.8 Å². The van der Waals surface area contributed by atoms with Crippen LogP contribution in [0.25, 0.3) is 0 Å². The third-order valence-corrected chi connectivity index (χ3v) is 2.58. The molecule has 1 rings (SSSR count). The van der Waals surface area contributed by atoms with Gasteiger partial charge in [-0.2, -0.15) is 0 Å². The zero-order chi connectivity index (χ0) is 13.5. The fourth-order valence-electron chi connectivity index (χ4n) is 1.59. The van der Waals surface area contributed by atoms with Crippen molar-refractivity contribution in [3.8, 4) is 5.75 Å². The lowest BCUT2D eigenvalue weighted by Crippen LogP contribution is -2.38. The molecule has 0 heterocycles. The van der Waals surface area contributed by atoms with Crippen LogP contribution in [-0.2, 0) is 4.79 Å². The van der Waals surface area contributed by atoms with Gasteiger partial charge in [-0.05, 0) is 24.5 Å². The number of aliphatic hydroxyl groups is 1. The average Bonchev–Trinajstić information content (AvgIpc) is 2.36. The topological polar surface area (TPSA) is 58.6 Å². The second-order valence-corrected chi connectivity index (χ2v) is 4.63. The van der Waals surface area contributed by atoms with Crippen LogP contribution in [-0.4, -0.2) is 30.3 Å². The van der Waals surface area contributed by atoms with Gasteiger partial charge in [0.25, 0.3) is 5.91 Å². The van der Waals surface area contributed by atoms with Crippen LogP contribution in [0.15, 0.2) is 24.3 Å². The molecule has 0 spiro atoms. The maximum Gasteiger partial charge on any atom is 0.258 e. The van der Waals surface area contributed by atoms with E-state index in [1.54, 1.807) is 6.92 Å². The van der Waals surface area contributed by atoms with Crippen LogP contribution in [0.2, 0.25) is 0 Å². The van der Waals surface area contributed by atoms with Crippen LogP contribution >= 0.6 is 0 Å². The molecule has 1 aromatic rings. The van der Waals surface area contributed by atoms with Crippen molar-refractivity contribution in [2.24, 2.45) is 0 Å². The summed E-state index contributed by atoms with van der Waals surface area (Å²) in [6.07, 6.45) is 0. The van der Waals surface area contributed by atoms with Gasteiger partial charge in [-0.3, -0.25) is 4.79 Å². The molecule has 0 radical (unpaired) electrons. The lowest BCUT2D eigenvalue weighted by Gasteiger charge is -2.15. The predicted molar refractivity (Wildman–Crippen MR) is 70.7 cm³/mol. The smallest absolute Gasteiger partial charge is 0.258 e. The maximum absolute atomic E-state index is 11.5. The van der Waals surface area contributed by atoms with Crippen molar-refractivity contribution in [2.75, 3.05) is 13.2 Å². The molecule has 0 aliphatic carbocycles. The Morgan fingerprint density at radius 3 is 2.61 bits per heavy atom. The first-order valence-corrected chi connectivity index (χ1v) is 6.16. The van der Waals surface area contributed by atoms with Gasteiger partial charge in [0.1, 0.15) is 5.75 Å². The second kappa shape index (κ2) is 7.01. The standard InChI is InChI=1S/C14H21NO3/c1-10(2)12-6-4-5-7-13(12)18-9-14(17)15-11(3)8-16/h4-7,10-11,16H,8-9H2,1-3H3,(H,15,17). The number of hydrogen-bond acceptors (Lipinski definition) is 3. The Balaban J connectivity index is 2.56.